The van der Waals surface area contributed by atoms with Gasteiger partial charge in [0, 0.05) is 12.7 Å². The summed E-state index contributed by atoms with van der Waals surface area (Å²) < 4.78 is 1.43. The summed E-state index contributed by atoms with van der Waals surface area (Å²) in [7, 11) is 1.71. The van der Waals surface area contributed by atoms with E-state index in [4.69, 9.17) is 0 Å². The Hall–Kier alpha value is -2.95. The molecule has 5 nitrogen and oxygen atoms in total. The molecular formula is C19H19N3O2. The molecule has 0 aliphatic carbocycles. The Morgan fingerprint density at radius 3 is 2.62 bits per heavy atom. The Balaban J connectivity index is 1.95. The normalized spacial score (nSPS) is 10.8. The van der Waals surface area contributed by atoms with Crippen LogP contribution in [0.25, 0.3) is 10.9 Å². The van der Waals surface area contributed by atoms with Crippen LogP contribution < -0.4 is 10.5 Å². The van der Waals surface area contributed by atoms with Gasteiger partial charge in [0.2, 0.25) is 5.91 Å². The smallest absolute Gasteiger partial charge is 0.261 e. The predicted molar refractivity (Wildman–Crippen MR) is 95.3 cm³/mol. The van der Waals surface area contributed by atoms with Crippen molar-refractivity contribution in [2.45, 2.75) is 20.4 Å². The number of anilines is 1. The van der Waals surface area contributed by atoms with E-state index in [2.05, 4.69) is 4.98 Å². The molecule has 0 atom stereocenters. The summed E-state index contributed by atoms with van der Waals surface area (Å²) >= 11 is 0. The topological polar surface area (TPSA) is 55.2 Å². The highest BCUT2D eigenvalue weighted by molar-refractivity contribution is 5.93. The van der Waals surface area contributed by atoms with Crippen LogP contribution >= 0.6 is 0 Å². The number of aromatic nitrogens is 2. The van der Waals surface area contributed by atoms with Crippen molar-refractivity contribution in [2.24, 2.45) is 0 Å². The largest absolute Gasteiger partial charge is 0.314 e. The van der Waals surface area contributed by atoms with Crippen molar-refractivity contribution in [1.29, 1.82) is 0 Å². The van der Waals surface area contributed by atoms with Crippen LogP contribution in [0.15, 0.2) is 53.3 Å². The molecule has 1 aromatic heterocycles. The van der Waals surface area contributed by atoms with Gasteiger partial charge in [-0.15, -0.1) is 0 Å². The molecule has 0 fully saturated rings. The van der Waals surface area contributed by atoms with Crippen molar-refractivity contribution in [3.63, 3.8) is 0 Å². The summed E-state index contributed by atoms with van der Waals surface area (Å²) in [6.07, 6.45) is 0. The lowest BCUT2D eigenvalue weighted by Gasteiger charge is -2.19. The molecule has 3 aromatic rings. The number of carbonyl (C=O) groups is 1. The van der Waals surface area contributed by atoms with Crippen molar-refractivity contribution in [2.75, 3.05) is 11.9 Å². The average Bonchev–Trinajstić information content (AvgIpc) is 2.57. The van der Waals surface area contributed by atoms with Gasteiger partial charge in [-0.25, -0.2) is 4.98 Å². The number of likely N-dealkylation sites (N-methyl/N-ethyl adjacent to an activating group) is 1. The van der Waals surface area contributed by atoms with Crippen molar-refractivity contribution in [1.82, 2.24) is 9.55 Å². The van der Waals surface area contributed by atoms with Crippen LogP contribution in [0.2, 0.25) is 0 Å². The average molecular weight is 321 g/mol. The maximum Gasteiger partial charge on any atom is 0.261 e. The molecule has 0 aliphatic heterocycles. The van der Waals surface area contributed by atoms with Crippen molar-refractivity contribution < 1.29 is 4.79 Å². The number of fused-ring (bicyclic) bond motifs is 1. The zero-order valence-corrected chi connectivity index (χ0v) is 14.0. The van der Waals surface area contributed by atoms with E-state index in [9.17, 15) is 9.59 Å². The van der Waals surface area contributed by atoms with Gasteiger partial charge in [-0.2, -0.15) is 0 Å². The monoisotopic (exact) mass is 321 g/mol. The van der Waals surface area contributed by atoms with Gasteiger partial charge in [0.05, 0.1) is 10.9 Å². The second kappa shape index (κ2) is 6.28. The van der Waals surface area contributed by atoms with Crippen LogP contribution in [-0.2, 0) is 11.3 Å². The van der Waals surface area contributed by atoms with E-state index < -0.39 is 0 Å². The van der Waals surface area contributed by atoms with E-state index >= 15 is 0 Å². The number of para-hydroxylation sites is 1. The molecule has 3 rings (SSSR count). The maximum atomic E-state index is 12.7. The molecule has 24 heavy (non-hydrogen) atoms. The number of nitrogens with zero attached hydrogens (tertiary/aromatic N) is 3. The first-order valence-electron chi connectivity index (χ1n) is 7.77. The highest BCUT2D eigenvalue weighted by Gasteiger charge is 2.15. The van der Waals surface area contributed by atoms with Gasteiger partial charge in [0.15, 0.2) is 0 Å². The van der Waals surface area contributed by atoms with E-state index in [-0.39, 0.29) is 18.0 Å². The fourth-order valence-electron chi connectivity index (χ4n) is 2.69. The minimum atomic E-state index is -0.191. The van der Waals surface area contributed by atoms with Gasteiger partial charge in [-0.1, -0.05) is 24.3 Å². The van der Waals surface area contributed by atoms with Crippen LogP contribution in [0.3, 0.4) is 0 Å². The molecule has 0 bridgehead atoms. The summed E-state index contributed by atoms with van der Waals surface area (Å²) in [5.41, 5.74) is 2.34. The number of carbonyl (C=O) groups excluding carboxylic acids is 1. The number of rotatable bonds is 3. The molecule has 0 unspecified atom stereocenters. The molecule has 1 heterocycles. The predicted octanol–water partition coefficient (Wildman–Crippen LogP) is 2.68. The highest BCUT2D eigenvalue weighted by Crippen LogP contribution is 2.15. The van der Waals surface area contributed by atoms with Gasteiger partial charge in [-0.3, -0.25) is 14.2 Å². The quantitative estimate of drug-likeness (QED) is 0.745. The summed E-state index contributed by atoms with van der Waals surface area (Å²) in [6, 6.07) is 14.9. The molecule has 2 aromatic carbocycles. The van der Waals surface area contributed by atoms with Gasteiger partial charge in [-0.05, 0) is 43.7 Å². The second-order valence-corrected chi connectivity index (χ2v) is 5.86. The van der Waals surface area contributed by atoms with Crippen LogP contribution in [0.1, 0.15) is 11.4 Å². The van der Waals surface area contributed by atoms with Crippen LogP contribution in [-0.4, -0.2) is 22.5 Å². The van der Waals surface area contributed by atoms with Gasteiger partial charge >= 0.3 is 0 Å². The summed E-state index contributed by atoms with van der Waals surface area (Å²) in [5, 5.41) is 0.522. The molecule has 1 amide bonds. The number of aryl methyl sites for hydroxylation is 2. The highest BCUT2D eigenvalue weighted by atomic mass is 16.2. The van der Waals surface area contributed by atoms with Gasteiger partial charge in [0.25, 0.3) is 5.56 Å². The van der Waals surface area contributed by atoms with Gasteiger partial charge in [0.1, 0.15) is 12.4 Å². The molecule has 0 N–H and O–H groups in total. The lowest BCUT2D eigenvalue weighted by molar-refractivity contribution is -0.119. The summed E-state index contributed by atoms with van der Waals surface area (Å²) in [5.74, 6) is 0.368. The standard InChI is InChI=1S/C19H19N3O2/c1-13-7-6-8-15(11-13)21(3)18(23)12-22-14(2)20-17-10-5-4-9-16(17)19(22)24/h4-11H,12H2,1-3H3. The third-order valence-corrected chi connectivity index (χ3v) is 4.11. The Labute approximate surface area is 140 Å². The van der Waals surface area contributed by atoms with Crippen molar-refractivity contribution in [3.05, 3.63) is 70.3 Å². The van der Waals surface area contributed by atoms with E-state index in [0.29, 0.717) is 16.7 Å². The third-order valence-electron chi connectivity index (χ3n) is 4.11. The van der Waals surface area contributed by atoms with Crippen LogP contribution in [0, 0.1) is 13.8 Å². The van der Waals surface area contributed by atoms with Gasteiger partial charge < -0.3 is 4.90 Å². The molecule has 5 heteroatoms. The summed E-state index contributed by atoms with van der Waals surface area (Å²) in [6.45, 7) is 3.68. The maximum absolute atomic E-state index is 12.7. The molecule has 0 saturated heterocycles. The van der Waals surface area contributed by atoms with Crippen LogP contribution in [0.4, 0.5) is 5.69 Å². The minimum absolute atomic E-state index is 0.0348. The first-order valence-corrected chi connectivity index (χ1v) is 7.77. The van der Waals surface area contributed by atoms with Crippen molar-refractivity contribution in [3.8, 4) is 0 Å². The van der Waals surface area contributed by atoms with E-state index in [0.717, 1.165) is 11.3 Å². The zero-order valence-electron chi connectivity index (χ0n) is 14.0. The molecule has 122 valence electrons. The van der Waals surface area contributed by atoms with E-state index in [1.807, 2.05) is 37.3 Å². The van der Waals surface area contributed by atoms with E-state index in [1.165, 1.54) is 4.57 Å². The molecule has 0 saturated carbocycles. The number of benzene rings is 2. The third kappa shape index (κ3) is 2.93. The second-order valence-electron chi connectivity index (χ2n) is 5.86. The number of hydrogen-bond donors (Lipinski definition) is 0. The Morgan fingerprint density at radius 2 is 1.88 bits per heavy atom. The number of amides is 1. The molecule has 0 spiro atoms. The Morgan fingerprint density at radius 1 is 1.12 bits per heavy atom. The van der Waals surface area contributed by atoms with Crippen molar-refractivity contribution >= 4 is 22.5 Å². The SMILES string of the molecule is Cc1cccc(N(C)C(=O)Cn2c(C)nc3ccccc3c2=O)c1. The van der Waals surface area contributed by atoms with E-state index in [1.54, 1.807) is 37.1 Å². The Kier molecular flexibility index (Phi) is 4.16. The summed E-state index contributed by atoms with van der Waals surface area (Å²) in [4.78, 5) is 31.2. The first kappa shape index (κ1) is 15.9. The lowest BCUT2D eigenvalue weighted by atomic mass is 10.2. The van der Waals surface area contributed by atoms with Crippen LogP contribution in [0.5, 0.6) is 0 Å². The zero-order chi connectivity index (χ0) is 17.3. The lowest BCUT2D eigenvalue weighted by Crippen LogP contribution is -2.35. The number of hydrogen-bond acceptors (Lipinski definition) is 3. The molecular weight excluding hydrogens is 302 g/mol. The Bertz CT molecular complexity index is 976. The molecule has 0 aliphatic rings. The minimum Gasteiger partial charge on any atom is -0.314 e. The molecule has 0 radical (unpaired) electrons. The fraction of sp³-hybridized carbons (Fsp3) is 0.211. The first-order chi connectivity index (χ1) is 11.5. The fourth-order valence-corrected chi connectivity index (χ4v) is 2.69.